The van der Waals surface area contributed by atoms with Crippen molar-refractivity contribution in [2.24, 2.45) is 0 Å². The minimum absolute atomic E-state index is 0.609. The second kappa shape index (κ2) is 7.51. The van der Waals surface area contributed by atoms with Crippen molar-refractivity contribution in [1.82, 2.24) is 0 Å². The number of carbonyl (C=O) groups is 1. The molecule has 0 heterocycles. The second-order valence-corrected chi connectivity index (χ2v) is 6.10. The van der Waals surface area contributed by atoms with Gasteiger partial charge in [-0.1, -0.05) is 54.6 Å². The largest absolute Gasteiger partial charge is 0.451 e. The van der Waals surface area contributed by atoms with Crippen LogP contribution in [0.25, 0.3) is 0 Å². The molecule has 2 aromatic carbocycles. The normalized spacial score (nSPS) is 14.0. The number of benzene rings is 2. The molecule has 23 heavy (non-hydrogen) atoms. The van der Waals surface area contributed by atoms with Gasteiger partial charge in [-0.05, 0) is 17.7 Å². The molecule has 0 fully saturated rings. The minimum atomic E-state index is -4.89. The average molecular weight is 336 g/mol. The fourth-order valence-corrected chi connectivity index (χ4v) is 3.47. The van der Waals surface area contributed by atoms with E-state index >= 15 is 0 Å². The maximum atomic E-state index is 13.0. The van der Waals surface area contributed by atoms with Gasteiger partial charge >= 0.3 is 6.18 Å². The van der Waals surface area contributed by atoms with E-state index in [1.54, 1.807) is 60.7 Å². The summed E-state index contributed by atoms with van der Waals surface area (Å²) in [7, 11) is 0. The summed E-state index contributed by atoms with van der Waals surface area (Å²) in [6, 6.07) is 17.2. The lowest BCUT2D eigenvalue weighted by molar-refractivity contribution is -0.170. The first-order valence-electron chi connectivity index (χ1n) is 6.93. The Balaban J connectivity index is 2.39. The third-order valence-electron chi connectivity index (χ3n) is 3.31. The Morgan fingerprint density at radius 1 is 1.00 bits per heavy atom. The molecule has 2 atom stereocenters. The van der Waals surface area contributed by atoms with Crippen molar-refractivity contribution >= 4 is 17.5 Å². The first-order chi connectivity index (χ1) is 10.9. The third kappa shape index (κ3) is 4.48. The van der Waals surface area contributed by atoms with Crippen LogP contribution >= 0.6 is 11.8 Å². The van der Waals surface area contributed by atoms with Gasteiger partial charge in [-0.2, -0.15) is 13.2 Å². The van der Waals surface area contributed by atoms with Crippen LogP contribution in [0.2, 0.25) is 0 Å². The average Bonchev–Trinajstić information content (AvgIpc) is 2.55. The highest BCUT2D eigenvalue weighted by Gasteiger charge is 2.46. The number of thioether (sulfide) groups is 1. The molecule has 0 aliphatic heterocycles. The molecule has 120 valence electrons. The number of carbonyl (C=O) groups excluding carboxylic acids is 1. The molecule has 5 heteroatoms. The number of allylic oxidation sites excluding steroid dienone is 1. The SMILES string of the molecule is C=C[C@H](c1ccccc1)[C@@H](Sc1ccccc1)C(=O)C(F)(F)F. The van der Waals surface area contributed by atoms with Gasteiger partial charge in [0.2, 0.25) is 5.78 Å². The van der Waals surface area contributed by atoms with Gasteiger partial charge in [0, 0.05) is 10.8 Å². The molecule has 0 amide bonds. The highest BCUT2D eigenvalue weighted by Crippen LogP contribution is 2.38. The molecule has 2 rings (SSSR count). The Kier molecular flexibility index (Phi) is 5.66. The van der Waals surface area contributed by atoms with Gasteiger partial charge in [0.1, 0.15) is 0 Å². The standard InChI is InChI=1S/C18H15F3OS/c1-2-15(13-9-5-3-6-10-13)16(17(22)18(19,20)21)23-14-11-7-4-8-12-14/h2-12,15-16H,1H2/t15-,16-/m1/s1. The first kappa shape index (κ1) is 17.3. The summed E-state index contributed by atoms with van der Waals surface area (Å²) < 4.78 is 39.1. The summed E-state index contributed by atoms with van der Waals surface area (Å²) in [5.74, 6) is -2.48. The summed E-state index contributed by atoms with van der Waals surface area (Å²) in [5.41, 5.74) is 0.633. The first-order valence-corrected chi connectivity index (χ1v) is 7.81. The van der Waals surface area contributed by atoms with Gasteiger partial charge in [-0.25, -0.2) is 0 Å². The van der Waals surface area contributed by atoms with Crippen molar-refractivity contribution in [3.05, 3.63) is 78.9 Å². The Morgan fingerprint density at radius 2 is 1.52 bits per heavy atom. The van der Waals surface area contributed by atoms with Crippen molar-refractivity contribution < 1.29 is 18.0 Å². The van der Waals surface area contributed by atoms with E-state index in [1.807, 2.05) is 0 Å². The van der Waals surface area contributed by atoms with Gasteiger partial charge in [-0.15, -0.1) is 18.3 Å². The maximum absolute atomic E-state index is 13.0. The fraction of sp³-hybridized carbons (Fsp3) is 0.167. The molecule has 0 N–H and O–H groups in total. The van der Waals surface area contributed by atoms with E-state index in [0.717, 1.165) is 11.8 Å². The van der Waals surface area contributed by atoms with E-state index < -0.39 is 23.1 Å². The van der Waals surface area contributed by atoms with Crippen molar-refractivity contribution in [1.29, 1.82) is 0 Å². The molecule has 1 nitrogen and oxygen atoms in total. The summed E-state index contributed by atoms with van der Waals surface area (Å²) in [4.78, 5) is 12.6. The molecule has 0 aliphatic carbocycles. The number of hydrogen-bond donors (Lipinski definition) is 0. The summed E-state index contributed by atoms with van der Waals surface area (Å²) >= 11 is 0.910. The second-order valence-electron chi connectivity index (χ2n) is 4.89. The molecule has 0 spiro atoms. The van der Waals surface area contributed by atoms with Gasteiger partial charge in [0.25, 0.3) is 0 Å². The van der Waals surface area contributed by atoms with Crippen LogP contribution < -0.4 is 0 Å². The van der Waals surface area contributed by atoms with E-state index in [1.165, 1.54) is 6.08 Å². The molecule has 0 unspecified atom stereocenters. The van der Waals surface area contributed by atoms with Crippen LogP contribution in [0, 0.1) is 0 Å². The molecule has 0 aliphatic rings. The Labute approximate surface area is 137 Å². The topological polar surface area (TPSA) is 17.1 Å². The smallest absolute Gasteiger partial charge is 0.288 e. The maximum Gasteiger partial charge on any atom is 0.451 e. The van der Waals surface area contributed by atoms with Gasteiger partial charge in [-0.3, -0.25) is 4.79 Å². The highest BCUT2D eigenvalue weighted by atomic mass is 32.2. The van der Waals surface area contributed by atoms with E-state index in [0.29, 0.717) is 10.5 Å². The number of rotatable bonds is 6. The molecular formula is C18H15F3OS. The summed E-state index contributed by atoms with van der Waals surface area (Å²) in [6.45, 7) is 3.63. The van der Waals surface area contributed by atoms with Crippen LogP contribution in [0.1, 0.15) is 11.5 Å². The zero-order valence-electron chi connectivity index (χ0n) is 12.2. The Hall–Kier alpha value is -2.01. The summed E-state index contributed by atoms with van der Waals surface area (Å²) in [5, 5.41) is -1.31. The lowest BCUT2D eigenvalue weighted by Crippen LogP contribution is -2.36. The van der Waals surface area contributed by atoms with E-state index in [4.69, 9.17) is 0 Å². The zero-order valence-corrected chi connectivity index (χ0v) is 13.0. The van der Waals surface area contributed by atoms with Gasteiger partial charge in [0.15, 0.2) is 0 Å². The van der Waals surface area contributed by atoms with E-state index in [9.17, 15) is 18.0 Å². The monoisotopic (exact) mass is 336 g/mol. The predicted molar refractivity (Wildman–Crippen MR) is 86.5 cm³/mol. The molecule has 0 saturated carbocycles. The van der Waals surface area contributed by atoms with Crippen molar-refractivity contribution in [2.75, 3.05) is 0 Å². The molecule has 0 saturated heterocycles. The lowest BCUT2D eigenvalue weighted by atomic mass is 9.93. The molecular weight excluding hydrogens is 321 g/mol. The minimum Gasteiger partial charge on any atom is -0.288 e. The highest BCUT2D eigenvalue weighted by molar-refractivity contribution is 8.00. The summed E-state index contributed by atoms with van der Waals surface area (Å²) in [6.07, 6.45) is -3.48. The number of alkyl halides is 3. The zero-order chi connectivity index (χ0) is 16.9. The van der Waals surface area contributed by atoms with Crippen LogP contribution in [0.4, 0.5) is 13.2 Å². The molecule has 0 aromatic heterocycles. The van der Waals surface area contributed by atoms with Crippen molar-refractivity contribution in [3.63, 3.8) is 0 Å². The van der Waals surface area contributed by atoms with E-state index in [-0.39, 0.29) is 0 Å². The van der Waals surface area contributed by atoms with Crippen LogP contribution in [0.5, 0.6) is 0 Å². The molecule has 0 bridgehead atoms. The number of Topliss-reactive ketones (excluding diaryl/α,β-unsaturated/α-hetero) is 1. The molecule has 2 aromatic rings. The van der Waals surface area contributed by atoms with Crippen molar-refractivity contribution in [2.45, 2.75) is 22.2 Å². The van der Waals surface area contributed by atoms with Crippen LogP contribution in [0.15, 0.2) is 78.2 Å². The molecule has 0 radical (unpaired) electrons. The third-order valence-corrected chi connectivity index (χ3v) is 4.61. The van der Waals surface area contributed by atoms with Crippen LogP contribution in [-0.2, 0) is 4.79 Å². The number of hydrogen-bond acceptors (Lipinski definition) is 2. The van der Waals surface area contributed by atoms with E-state index in [2.05, 4.69) is 6.58 Å². The number of halogens is 3. The lowest BCUT2D eigenvalue weighted by Gasteiger charge is -2.24. The Morgan fingerprint density at radius 3 is 2.00 bits per heavy atom. The predicted octanol–water partition coefficient (Wildman–Crippen LogP) is 5.25. The van der Waals surface area contributed by atoms with Gasteiger partial charge in [0.05, 0.1) is 5.25 Å². The number of ketones is 1. The van der Waals surface area contributed by atoms with Gasteiger partial charge < -0.3 is 0 Å². The fourth-order valence-electron chi connectivity index (χ4n) is 2.21. The van der Waals surface area contributed by atoms with Crippen LogP contribution in [0.3, 0.4) is 0 Å². The van der Waals surface area contributed by atoms with Crippen molar-refractivity contribution in [3.8, 4) is 0 Å². The van der Waals surface area contributed by atoms with Crippen LogP contribution in [-0.4, -0.2) is 17.2 Å². The Bertz CT molecular complexity index is 653. The quantitative estimate of drug-likeness (QED) is 0.529.